The summed E-state index contributed by atoms with van der Waals surface area (Å²) in [5, 5.41) is 0.995. The molecule has 0 spiro atoms. The number of carbonyl (C=O) groups excluding carboxylic acids is 2. The third-order valence-corrected chi connectivity index (χ3v) is 5.16. The van der Waals surface area contributed by atoms with Crippen molar-refractivity contribution in [3.8, 4) is 5.75 Å². The Morgan fingerprint density at radius 3 is 2.11 bits per heavy atom. The zero-order chi connectivity index (χ0) is 18.8. The number of fused-ring (bicyclic) bond motifs is 1. The molecular formula is C22H13FO3S. The van der Waals surface area contributed by atoms with Gasteiger partial charge in [0.05, 0.1) is 0 Å². The highest BCUT2D eigenvalue weighted by atomic mass is 32.1. The molecule has 4 aromatic rings. The zero-order valence-corrected chi connectivity index (χ0v) is 14.8. The number of hydrogen-bond acceptors (Lipinski definition) is 4. The third-order valence-electron chi connectivity index (χ3n) is 4.06. The molecule has 0 fully saturated rings. The maximum atomic E-state index is 13.0. The average Bonchev–Trinajstić information content (AvgIpc) is 3.13. The number of halogens is 1. The third kappa shape index (κ3) is 3.64. The first-order valence-corrected chi connectivity index (χ1v) is 9.03. The second kappa shape index (κ2) is 7.13. The molecule has 0 unspecified atom stereocenters. The lowest BCUT2D eigenvalue weighted by Gasteiger charge is -2.05. The summed E-state index contributed by atoms with van der Waals surface area (Å²) in [6, 6.07) is 21.2. The van der Waals surface area contributed by atoms with Crippen molar-refractivity contribution in [1.29, 1.82) is 0 Å². The minimum absolute atomic E-state index is 0.225. The highest BCUT2D eigenvalue weighted by Crippen LogP contribution is 2.26. The molecule has 0 aliphatic carbocycles. The topological polar surface area (TPSA) is 43.4 Å². The summed E-state index contributed by atoms with van der Waals surface area (Å²) in [4.78, 5) is 25.2. The molecule has 0 amide bonds. The lowest BCUT2D eigenvalue weighted by molar-refractivity contribution is 0.0740. The van der Waals surface area contributed by atoms with Crippen LogP contribution in [0.3, 0.4) is 0 Å². The molecular weight excluding hydrogens is 363 g/mol. The molecule has 0 aliphatic heterocycles. The van der Waals surface area contributed by atoms with Gasteiger partial charge < -0.3 is 4.74 Å². The molecule has 27 heavy (non-hydrogen) atoms. The number of ether oxygens (including phenoxy) is 1. The fourth-order valence-corrected chi connectivity index (χ4v) is 3.62. The normalized spacial score (nSPS) is 10.7. The van der Waals surface area contributed by atoms with Crippen LogP contribution in [0.1, 0.15) is 25.6 Å². The van der Waals surface area contributed by atoms with E-state index in [9.17, 15) is 14.0 Å². The van der Waals surface area contributed by atoms with Gasteiger partial charge in [0, 0.05) is 15.8 Å². The predicted octanol–water partition coefficient (Wildman–Crippen LogP) is 5.49. The van der Waals surface area contributed by atoms with Crippen LogP contribution in [0.25, 0.3) is 10.1 Å². The van der Waals surface area contributed by atoms with E-state index in [1.54, 1.807) is 30.3 Å². The smallest absolute Gasteiger partial charge is 0.353 e. The molecule has 1 aromatic heterocycles. The maximum absolute atomic E-state index is 13.0. The summed E-state index contributed by atoms with van der Waals surface area (Å²) in [5.74, 6) is -0.700. The molecule has 0 saturated carbocycles. The molecule has 0 N–H and O–H groups in total. The summed E-state index contributed by atoms with van der Waals surface area (Å²) in [5.41, 5.74) is 0.828. The number of benzene rings is 3. The van der Waals surface area contributed by atoms with Gasteiger partial charge in [0.2, 0.25) is 0 Å². The van der Waals surface area contributed by atoms with Crippen LogP contribution in [0.4, 0.5) is 4.39 Å². The van der Waals surface area contributed by atoms with Gasteiger partial charge in [-0.3, -0.25) is 4.79 Å². The Labute approximate surface area is 158 Å². The van der Waals surface area contributed by atoms with Gasteiger partial charge in [-0.2, -0.15) is 0 Å². The Bertz CT molecular complexity index is 1100. The van der Waals surface area contributed by atoms with Crippen LogP contribution in [-0.2, 0) is 0 Å². The van der Waals surface area contributed by atoms with Crippen molar-refractivity contribution < 1.29 is 18.7 Å². The van der Waals surface area contributed by atoms with Crippen molar-refractivity contribution in [2.45, 2.75) is 0 Å². The second-order valence-corrected chi connectivity index (χ2v) is 6.98. The van der Waals surface area contributed by atoms with Gasteiger partial charge in [0.1, 0.15) is 16.4 Å². The minimum Gasteiger partial charge on any atom is -0.422 e. The van der Waals surface area contributed by atoms with E-state index in [4.69, 9.17) is 4.74 Å². The van der Waals surface area contributed by atoms with E-state index < -0.39 is 11.8 Å². The van der Waals surface area contributed by atoms with Gasteiger partial charge in [-0.25, -0.2) is 9.18 Å². The van der Waals surface area contributed by atoms with Gasteiger partial charge >= 0.3 is 5.97 Å². The van der Waals surface area contributed by atoms with Crippen LogP contribution in [0.5, 0.6) is 5.75 Å². The monoisotopic (exact) mass is 376 g/mol. The van der Waals surface area contributed by atoms with Crippen LogP contribution < -0.4 is 4.74 Å². The van der Waals surface area contributed by atoms with E-state index in [0.29, 0.717) is 21.8 Å². The first kappa shape index (κ1) is 17.1. The molecule has 0 radical (unpaired) electrons. The van der Waals surface area contributed by atoms with E-state index in [1.165, 1.54) is 35.6 Å². The van der Waals surface area contributed by atoms with E-state index >= 15 is 0 Å². The number of ketones is 1. The van der Waals surface area contributed by atoms with Gasteiger partial charge in [-0.1, -0.05) is 18.2 Å². The van der Waals surface area contributed by atoms with Gasteiger partial charge in [0.15, 0.2) is 5.78 Å². The zero-order valence-electron chi connectivity index (χ0n) is 14.0. The number of carbonyl (C=O) groups is 2. The SMILES string of the molecule is O=C(c1ccc(F)cc1)c1ccc(OC(=O)c2cc3ccccc3s2)cc1. The Balaban J connectivity index is 1.49. The summed E-state index contributed by atoms with van der Waals surface area (Å²) in [6.07, 6.45) is 0. The van der Waals surface area contributed by atoms with E-state index in [-0.39, 0.29) is 5.78 Å². The fourth-order valence-electron chi connectivity index (χ4n) is 2.68. The second-order valence-electron chi connectivity index (χ2n) is 5.90. The molecule has 0 atom stereocenters. The molecule has 5 heteroatoms. The highest BCUT2D eigenvalue weighted by Gasteiger charge is 2.14. The quantitative estimate of drug-likeness (QED) is 0.269. The fraction of sp³-hybridized carbons (Fsp3) is 0. The van der Waals surface area contributed by atoms with Crippen molar-refractivity contribution in [3.05, 3.63) is 101 Å². The van der Waals surface area contributed by atoms with Gasteiger partial charge in [-0.05, 0) is 66.0 Å². The van der Waals surface area contributed by atoms with Gasteiger partial charge in [-0.15, -0.1) is 11.3 Å². The summed E-state index contributed by atoms with van der Waals surface area (Å²) < 4.78 is 19.4. The first-order chi connectivity index (χ1) is 13.1. The minimum atomic E-state index is -0.436. The van der Waals surface area contributed by atoms with Crippen molar-refractivity contribution >= 4 is 33.2 Å². The standard InChI is InChI=1S/C22H13FO3S/c23-17-9-5-14(6-10-17)21(24)15-7-11-18(12-8-15)26-22(25)20-13-16-3-1-2-4-19(16)27-20/h1-13H. The molecule has 0 aliphatic rings. The predicted molar refractivity (Wildman–Crippen MR) is 103 cm³/mol. The molecule has 0 bridgehead atoms. The lowest BCUT2D eigenvalue weighted by atomic mass is 10.0. The Morgan fingerprint density at radius 1 is 0.815 bits per heavy atom. The maximum Gasteiger partial charge on any atom is 0.353 e. The molecule has 4 rings (SSSR count). The molecule has 132 valence electrons. The number of thiophene rings is 1. The van der Waals surface area contributed by atoms with Crippen LogP contribution >= 0.6 is 11.3 Å². The number of esters is 1. The average molecular weight is 376 g/mol. The van der Waals surface area contributed by atoms with Crippen molar-refractivity contribution in [3.63, 3.8) is 0 Å². The Morgan fingerprint density at radius 2 is 1.44 bits per heavy atom. The van der Waals surface area contributed by atoms with Gasteiger partial charge in [0.25, 0.3) is 0 Å². The largest absolute Gasteiger partial charge is 0.422 e. The first-order valence-electron chi connectivity index (χ1n) is 8.21. The van der Waals surface area contributed by atoms with Crippen molar-refractivity contribution in [1.82, 2.24) is 0 Å². The summed E-state index contributed by atoms with van der Waals surface area (Å²) in [6.45, 7) is 0. The van der Waals surface area contributed by atoms with Crippen LogP contribution in [-0.4, -0.2) is 11.8 Å². The van der Waals surface area contributed by atoms with Crippen LogP contribution in [0.15, 0.2) is 78.9 Å². The van der Waals surface area contributed by atoms with E-state index in [2.05, 4.69) is 0 Å². The van der Waals surface area contributed by atoms with Crippen LogP contribution in [0, 0.1) is 5.82 Å². The molecule has 0 saturated heterocycles. The van der Waals surface area contributed by atoms with Crippen molar-refractivity contribution in [2.24, 2.45) is 0 Å². The lowest BCUT2D eigenvalue weighted by Crippen LogP contribution is -2.07. The van der Waals surface area contributed by atoms with E-state index in [0.717, 1.165) is 10.1 Å². The highest BCUT2D eigenvalue weighted by molar-refractivity contribution is 7.20. The Hall–Kier alpha value is -3.31. The summed E-state index contributed by atoms with van der Waals surface area (Å²) >= 11 is 1.37. The number of rotatable bonds is 4. The molecule has 1 heterocycles. The molecule has 3 aromatic carbocycles. The molecule has 3 nitrogen and oxygen atoms in total. The Kier molecular flexibility index (Phi) is 4.52. The number of hydrogen-bond donors (Lipinski definition) is 0. The van der Waals surface area contributed by atoms with Crippen LogP contribution in [0.2, 0.25) is 0 Å². The van der Waals surface area contributed by atoms with E-state index in [1.807, 2.05) is 24.3 Å². The summed E-state index contributed by atoms with van der Waals surface area (Å²) in [7, 11) is 0. The van der Waals surface area contributed by atoms with Crippen molar-refractivity contribution in [2.75, 3.05) is 0 Å².